The molecule has 0 unspecified atom stereocenters. The van der Waals surface area contributed by atoms with Gasteiger partial charge in [-0.1, -0.05) is 12.8 Å². The molecule has 2 saturated carbocycles. The van der Waals surface area contributed by atoms with E-state index >= 15 is 0 Å². The largest absolute Gasteiger partial charge is 0.384 e. The molecular formula is C14H22N4S. The van der Waals surface area contributed by atoms with Gasteiger partial charge in [0.25, 0.3) is 0 Å². The number of nitrogens with zero attached hydrogens (tertiary/aromatic N) is 2. The first-order chi connectivity index (χ1) is 9.21. The smallest absolute Gasteiger partial charge is 0.136 e. The van der Waals surface area contributed by atoms with Crippen LogP contribution in [0.4, 0.5) is 11.6 Å². The fraction of sp³-hybridized carbons (Fsp3) is 0.714. The van der Waals surface area contributed by atoms with Crippen molar-refractivity contribution in [3.05, 3.63) is 11.9 Å². The molecule has 5 heteroatoms. The van der Waals surface area contributed by atoms with Gasteiger partial charge in [-0.05, 0) is 31.9 Å². The Kier molecular flexibility index (Phi) is 3.56. The normalized spacial score (nSPS) is 21.5. The van der Waals surface area contributed by atoms with Crippen molar-refractivity contribution < 1.29 is 0 Å². The number of aromatic nitrogens is 2. The van der Waals surface area contributed by atoms with E-state index in [1.807, 2.05) is 17.8 Å². The van der Waals surface area contributed by atoms with Crippen LogP contribution in [0.25, 0.3) is 0 Å². The van der Waals surface area contributed by atoms with Gasteiger partial charge in [-0.3, -0.25) is 0 Å². The lowest BCUT2D eigenvalue weighted by atomic mass is 10.1. The van der Waals surface area contributed by atoms with Gasteiger partial charge in [0.2, 0.25) is 0 Å². The minimum atomic E-state index is 0.388. The molecule has 3 rings (SSSR count). The first kappa shape index (κ1) is 13.0. The second-order valence-electron chi connectivity index (χ2n) is 5.76. The summed E-state index contributed by atoms with van der Waals surface area (Å²) in [5, 5.41) is 3.49. The van der Waals surface area contributed by atoms with Crippen molar-refractivity contribution in [3.8, 4) is 0 Å². The van der Waals surface area contributed by atoms with Crippen LogP contribution in [0.2, 0.25) is 0 Å². The summed E-state index contributed by atoms with van der Waals surface area (Å²) < 4.78 is 0.388. The lowest BCUT2D eigenvalue weighted by molar-refractivity contribution is 0.638. The molecule has 0 atom stereocenters. The molecule has 0 saturated heterocycles. The summed E-state index contributed by atoms with van der Waals surface area (Å²) in [6, 6.07) is 1.86. The third-order valence-electron chi connectivity index (χ3n) is 4.25. The van der Waals surface area contributed by atoms with Crippen LogP contribution >= 0.6 is 11.8 Å². The molecule has 1 aromatic heterocycles. The van der Waals surface area contributed by atoms with E-state index in [0.29, 0.717) is 16.5 Å². The maximum atomic E-state index is 5.88. The zero-order chi connectivity index (χ0) is 13.3. The Bertz CT molecular complexity index is 453. The van der Waals surface area contributed by atoms with Gasteiger partial charge in [0, 0.05) is 23.3 Å². The standard InChI is InChI=1S/C14H22N4S/c1-19-14(6-2-3-7-14)9-16-12-8-11(15)17-13(18-12)10-4-5-10/h8,10H,2-7,9H2,1H3,(H3,15,16,17,18). The highest BCUT2D eigenvalue weighted by molar-refractivity contribution is 8.00. The topological polar surface area (TPSA) is 63.8 Å². The van der Waals surface area contributed by atoms with E-state index in [-0.39, 0.29) is 0 Å². The molecule has 19 heavy (non-hydrogen) atoms. The molecule has 104 valence electrons. The highest BCUT2D eigenvalue weighted by atomic mass is 32.2. The third kappa shape index (κ3) is 2.96. The average molecular weight is 278 g/mol. The molecule has 2 aliphatic carbocycles. The Morgan fingerprint density at radius 3 is 2.74 bits per heavy atom. The van der Waals surface area contributed by atoms with E-state index in [9.17, 15) is 0 Å². The van der Waals surface area contributed by atoms with E-state index in [1.165, 1.54) is 38.5 Å². The van der Waals surface area contributed by atoms with Gasteiger partial charge < -0.3 is 11.1 Å². The second-order valence-corrected chi connectivity index (χ2v) is 7.03. The highest BCUT2D eigenvalue weighted by Gasteiger charge is 2.33. The van der Waals surface area contributed by atoms with E-state index in [2.05, 4.69) is 21.5 Å². The summed E-state index contributed by atoms with van der Waals surface area (Å²) in [6.07, 6.45) is 9.93. The molecule has 0 aromatic carbocycles. The van der Waals surface area contributed by atoms with Crippen molar-refractivity contribution in [2.24, 2.45) is 0 Å². The fourth-order valence-corrected chi connectivity index (χ4v) is 3.74. The Morgan fingerprint density at radius 1 is 1.37 bits per heavy atom. The van der Waals surface area contributed by atoms with Gasteiger partial charge in [-0.2, -0.15) is 11.8 Å². The predicted molar refractivity (Wildman–Crippen MR) is 81.6 cm³/mol. The van der Waals surface area contributed by atoms with E-state index in [1.54, 1.807) is 0 Å². The van der Waals surface area contributed by atoms with Gasteiger partial charge in [-0.25, -0.2) is 9.97 Å². The lowest BCUT2D eigenvalue weighted by Gasteiger charge is -2.27. The first-order valence-corrected chi connectivity index (χ1v) is 8.37. The number of nitrogens with two attached hydrogens (primary N) is 1. The summed E-state index contributed by atoms with van der Waals surface area (Å²) in [5.41, 5.74) is 5.88. The van der Waals surface area contributed by atoms with Crippen LogP contribution in [0.5, 0.6) is 0 Å². The number of nitrogen functional groups attached to an aromatic ring is 1. The monoisotopic (exact) mass is 278 g/mol. The highest BCUT2D eigenvalue weighted by Crippen LogP contribution is 2.41. The van der Waals surface area contributed by atoms with Gasteiger partial charge in [0.1, 0.15) is 17.5 Å². The Morgan fingerprint density at radius 2 is 2.11 bits per heavy atom. The van der Waals surface area contributed by atoms with Crippen LogP contribution in [-0.4, -0.2) is 27.5 Å². The summed E-state index contributed by atoms with van der Waals surface area (Å²) in [6.45, 7) is 0.981. The van der Waals surface area contributed by atoms with Crippen molar-refractivity contribution >= 4 is 23.4 Å². The van der Waals surface area contributed by atoms with Crippen molar-refractivity contribution in [1.29, 1.82) is 0 Å². The molecule has 2 aliphatic rings. The number of anilines is 2. The molecule has 3 N–H and O–H groups in total. The van der Waals surface area contributed by atoms with Crippen LogP contribution in [-0.2, 0) is 0 Å². The first-order valence-electron chi connectivity index (χ1n) is 7.14. The van der Waals surface area contributed by atoms with Crippen molar-refractivity contribution in [2.75, 3.05) is 23.9 Å². The van der Waals surface area contributed by atoms with Gasteiger partial charge in [0.15, 0.2) is 0 Å². The Labute approximate surface area is 119 Å². The van der Waals surface area contributed by atoms with E-state index < -0.39 is 0 Å². The minimum absolute atomic E-state index is 0.388. The maximum Gasteiger partial charge on any atom is 0.136 e. The average Bonchev–Trinajstić information content (AvgIpc) is 3.16. The van der Waals surface area contributed by atoms with Crippen LogP contribution in [0.3, 0.4) is 0 Å². The summed E-state index contributed by atoms with van der Waals surface area (Å²) in [7, 11) is 0. The van der Waals surface area contributed by atoms with Crippen LogP contribution in [0.15, 0.2) is 6.07 Å². The lowest BCUT2D eigenvalue weighted by Crippen LogP contribution is -2.30. The molecule has 2 fully saturated rings. The molecule has 0 bridgehead atoms. The molecule has 0 amide bonds. The van der Waals surface area contributed by atoms with Gasteiger partial charge >= 0.3 is 0 Å². The van der Waals surface area contributed by atoms with Crippen molar-refractivity contribution in [1.82, 2.24) is 9.97 Å². The van der Waals surface area contributed by atoms with E-state index in [4.69, 9.17) is 5.73 Å². The minimum Gasteiger partial charge on any atom is -0.384 e. The molecule has 1 aromatic rings. The Hall–Kier alpha value is -0.970. The van der Waals surface area contributed by atoms with Crippen molar-refractivity contribution in [2.45, 2.75) is 49.2 Å². The zero-order valence-corrected chi connectivity index (χ0v) is 12.3. The van der Waals surface area contributed by atoms with Crippen molar-refractivity contribution in [3.63, 3.8) is 0 Å². The quantitative estimate of drug-likeness (QED) is 0.867. The Balaban J connectivity index is 1.69. The summed E-state index contributed by atoms with van der Waals surface area (Å²) >= 11 is 1.99. The second kappa shape index (κ2) is 5.19. The van der Waals surface area contributed by atoms with Gasteiger partial charge in [0.05, 0.1) is 0 Å². The number of hydrogen-bond acceptors (Lipinski definition) is 5. The molecule has 0 aliphatic heterocycles. The number of nitrogens with one attached hydrogen (secondary N) is 1. The number of hydrogen-bond donors (Lipinski definition) is 2. The third-order valence-corrected chi connectivity index (χ3v) is 5.66. The van der Waals surface area contributed by atoms with Gasteiger partial charge in [-0.15, -0.1) is 0 Å². The summed E-state index contributed by atoms with van der Waals surface area (Å²) in [5.74, 6) is 2.95. The molecule has 4 nitrogen and oxygen atoms in total. The number of thioether (sulfide) groups is 1. The zero-order valence-electron chi connectivity index (χ0n) is 11.5. The van der Waals surface area contributed by atoms with E-state index in [0.717, 1.165) is 18.2 Å². The van der Waals surface area contributed by atoms with Crippen LogP contribution in [0.1, 0.15) is 50.3 Å². The predicted octanol–water partition coefficient (Wildman–Crippen LogP) is 3.02. The molecule has 1 heterocycles. The summed E-state index contributed by atoms with van der Waals surface area (Å²) in [4.78, 5) is 8.95. The SMILES string of the molecule is CSC1(CNc2cc(N)nc(C3CC3)n2)CCCC1. The molecule has 0 radical (unpaired) electrons. The fourth-order valence-electron chi connectivity index (χ4n) is 2.82. The number of rotatable bonds is 5. The molecular weight excluding hydrogens is 256 g/mol. The maximum absolute atomic E-state index is 5.88. The van der Waals surface area contributed by atoms with Crippen LogP contribution < -0.4 is 11.1 Å². The van der Waals surface area contributed by atoms with Crippen LogP contribution in [0, 0.1) is 0 Å². The molecule has 0 spiro atoms.